The van der Waals surface area contributed by atoms with Crippen LogP contribution in [0.4, 0.5) is 11.5 Å². The number of nitrogens with two attached hydrogens (primary N) is 1. The van der Waals surface area contributed by atoms with Gasteiger partial charge < -0.3 is 21.1 Å². The predicted octanol–water partition coefficient (Wildman–Crippen LogP) is 5.17. The van der Waals surface area contributed by atoms with Crippen molar-refractivity contribution in [1.29, 1.82) is 0 Å². The Bertz CT molecular complexity index is 817. The van der Waals surface area contributed by atoms with Crippen molar-refractivity contribution in [1.82, 2.24) is 4.98 Å². The van der Waals surface area contributed by atoms with E-state index in [1.807, 2.05) is 0 Å². The summed E-state index contributed by atoms with van der Waals surface area (Å²) in [4.78, 5) is 4.52. The summed E-state index contributed by atoms with van der Waals surface area (Å²) in [5.74, 6) is 2.25. The molecule has 0 unspecified atom stereocenters. The van der Waals surface area contributed by atoms with Crippen molar-refractivity contribution in [3.05, 3.63) is 41.6 Å². The van der Waals surface area contributed by atoms with Crippen molar-refractivity contribution >= 4 is 23.1 Å². The molecule has 2 fully saturated rings. The van der Waals surface area contributed by atoms with Crippen molar-refractivity contribution in [2.24, 2.45) is 17.6 Å². The molecule has 2 aliphatic rings. The van der Waals surface area contributed by atoms with E-state index >= 15 is 0 Å². The minimum Gasteiger partial charge on any atom is -0.385 e. The summed E-state index contributed by atoms with van der Waals surface area (Å²) in [6.07, 6.45) is 8.69. The number of benzene rings is 1. The Labute approximate surface area is 184 Å². The summed E-state index contributed by atoms with van der Waals surface area (Å²) in [5.41, 5.74) is 9.07. The molecule has 6 heteroatoms. The maximum atomic E-state index is 6.52. The van der Waals surface area contributed by atoms with Crippen LogP contribution in [0.15, 0.2) is 36.5 Å². The molecule has 1 aromatic heterocycles. The Morgan fingerprint density at radius 1 is 1.03 bits per heavy atom. The minimum atomic E-state index is 0.460. The first-order valence-electron chi connectivity index (χ1n) is 11.3. The molecule has 0 amide bonds. The Hall–Kier alpha value is -1.82. The molecule has 1 saturated carbocycles. The van der Waals surface area contributed by atoms with Crippen LogP contribution in [0.2, 0.25) is 5.02 Å². The number of hydrogen-bond acceptors (Lipinski definition) is 5. The molecule has 4 rings (SSSR count). The molecule has 0 spiro atoms. The van der Waals surface area contributed by atoms with Gasteiger partial charge >= 0.3 is 0 Å². The minimum absolute atomic E-state index is 0.460. The smallest absolute Gasteiger partial charge is 0.126 e. The van der Waals surface area contributed by atoms with Gasteiger partial charge in [-0.1, -0.05) is 23.7 Å². The molecule has 1 aromatic carbocycles. The Balaban J connectivity index is 1.42. The van der Waals surface area contributed by atoms with Crippen LogP contribution in [0.25, 0.3) is 11.1 Å². The molecule has 2 aromatic rings. The van der Waals surface area contributed by atoms with Crippen molar-refractivity contribution in [3.8, 4) is 11.1 Å². The van der Waals surface area contributed by atoms with Gasteiger partial charge in [0, 0.05) is 43.2 Å². The van der Waals surface area contributed by atoms with Gasteiger partial charge in [0.15, 0.2) is 0 Å². The number of pyridine rings is 1. The third-order valence-corrected chi connectivity index (χ3v) is 6.80. The first kappa shape index (κ1) is 21.4. The van der Waals surface area contributed by atoms with Gasteiger partial charge in [0.25, 0.3) is 0 Å². The lowest BCUT2D eigenvalue weighted by Gasteiger charge is -2.28. The molecule has 0 bridgehead atoms. The van der Waals surface area contributed by atoms with Crippen LogP contribution >= 0.6 is 11.6 Å². The third-order valence-electron chi connectivity index (χ3n) is 6.50. The summed E-state index contributed by atoms with van der Waals surface area (Å²) in [5, 5.41) is 7.88. The van der Waals surface area contributed by atoms with E-state index in [4.69, 9.17) is 22.1 Å². The van der Waals surface area contributed by atoms with Gasteiger partial charge in [-0.2, -0.15) is 0 Å². The fourth-order valence-corrected chi connectivity index (χ4v) is 4.71. The summed E-state index contributed by atoms with van der Waals surface area (Å²) in [7, 11) is 0. The fraction of sp³-hybridized carbons (Fsp3) is 0.542. The molecule has 4 N–H and O–H groups in total. The lowest BCUT2D eigenvalue weighted by Crippen LogP contribution is -2.29. The SMILES string of the molecule is NCC1CCC(Nc2cc(-c3cccc(NCC4CCOCC4)c3)c(Cl)cn2)CC1. The van der Waals surface area contributed by atoms with Gasteiger partial charge in [0.05, 0.1) is 5.02 Å². The molecule has 0 atom stereocenters. The van der Waals surface area contributed by atoms with Crippen LogP contribution < -0.4 is 16.4 Å². The Kier molecular flexibility index (Phi) is 7.47. The lowest BCUT2D eigenvalue weighted by atomic mass is 9.86. The topological polar surface area (TPSA) is 72.2 Å². The van der Waals surface area contributed by atoms with E-state index in [1.54, 1.807) is 6.20 Å². The normalized spacial score (nSPS) is 22.6. The van der Waals surface area contributed by atoms with E-state index in [2.05, 4.69) is 45.9 Å². The summed E-state index contributed by atoms with van der Waals surface area (Å²) in [6.45, 7) is 3.54. The number of nitrogens with one attached hydrogen (secondary N) is 2. The number of aromatic nitrogens is 1. The molecular formula is C24H33ClN4O. The lowest BCUT2D eigenvalue weighted by molar-refractivity contribution is 0.0699. The van der Waals surface area contributed by atoms with E-state index in [1.165, 1.54) is 12.8 Å². The fourth-order valence-electron chi connectivity index (χ4n) is 4.50. The highest BCUT2D eigenvalue weighted by atomic mass is 35.5. The molecule has 162 valence electrons. The van der Waals surface area contributed by atoms with Gasteiger partial charge in [-0.15, -0.1) is 0 Å². The summed E-state index contributed by atoms with van der Waals surface area (Å²) in [6, 6.07) is 11.0. The molecule has 0 radical (unpaired) electrons. The van der Waals surface area contributed by atoms with Crippen LogP contribution in [-0.4, -0.2) is 37.3 Å². The molecular weight excluding hydrogens is 396 g/mol. The zero-order valence-corrected chi connectivity index (χ0v) is 18.3. The highest BCUT2D eigenvalue weighted by Gasteiger charge is 2.20. The number of rotatable bonds is 7. The van der Waals surface area contributed by atoms with Crippen LogP contribution in [0.5, 0.6) is 0 Å². The van der Waals surface area contributed by atoms with Crippen molar-refractivity contribution in [2.75, 3.05) is 36.9 Å². The second kappa shape index (κ2) is 10.5. The van der Waals surface area contributed by atoms with Crippen LogP contribution in [0.3, 0.4) is 0 Å². The zero-order chi connectivity index (χ0) is 20.8. The summed E-state index contributed by atoms with van der Waals surface area (Å²) >= 11 is 6.52. The Morgan fingerprint density at radius 2 is 1.83 bits per heavy atom. The van der Waals surface area contributed by atoms with Gasteiger partial charge in [0.1, 0.15) is 5.82 Å². The van der Waals surface area contributed by atoms with Crippen LogP contribution in [0, 0.1) is 11.8 Å². The van der Waals surface area contributed by atoms with Crippen LogP contribution in [-0.2, 0) is 4.74 Å². The number of halogens is 1. The molecule has 1 saturated heterocycles. The number of nitrogens with zero attached hydrogens (tertiary/aromatic N) is 1. The van der Waals surface area contributed by atoms with E-state index in [9.17, 15) is 0 Å². The highest BCUT2D eigenvalue weighted by Crippen LogP contribution is 2.32. The van der Waals surface area contributed by atoms with E-state index < -0.39 is 0 Å². The Morgan fingerprint density at radius 3 is 2.60 bits per heavy atom. The van der Waals surface area contributed by atoms with E-state index in [0.29, 0.717) is 22.9 Å². The first-order chi connectivity index (χ1) is 14.7. The second-order valence-electron chi connectivity index (χ2n) is 8.66. The quantitative estimate of drug-likeness (QED) is 0.567. The maximum absolute atomic E-state index is 6.52. The standard InChI is InChI=1S/C24H33ClN4O/c25-23-16-28-24(29-20-6-4-17(14-26)5-7-20)13-22(23)19-2-1-3-21(12-19)27-15-18-8-10-30-11-9-18/h1-3,12-13,16-18,20,27H,4-11,14-15,26H2,(H,28,29). The van der Waals surface area contributed by atoms with Crippen molar-refractivity contribution in [2.45, 2.75) is 44.6 Å². The average Bonchev–Trinajstić information content (AvgIpc) is 2.80. The van der Waals surface area contributed by atoms with Gasteiger partial charge in [0.2, 0.25) is 0 Å². The zero-order valence-electron chi connectivity index (χ0n) is 17.6. The van der Waals surface area contributed by atoms with Crippen molar-refractivity contribution < 1.29 is 4.74 Å². The second-order valence-corrected chi connectivity index (χ2v) is 9.07. The molecule has 1 aliphatic carbocycles. The molecule has 1 aliphatic heterocycles. The number of anilines is 2. The average molecular weight is 429 g/mol. The number of hydrogen-bond donors (Lipinski definition) is 3. The summed E-state index contributed by atoms with van der Waals surface area (Å²) < 4.78 is 5.46. The van der Waals surface area contributed by atoms with E-state index in [0.717, 1.165) is 74.6 Å². The predicted molar refractivity (Wildman–Crippen MR) is 125 cm³/mol. The largest absolute Gasteiger partial charge is 0.385 e. The van der Waals surface area contributed by atoms with Crippen LogP contribution in [0.1, 0.15) is 38.5 Å². The number of ether oxygens (including phenoxy) is 1. The maximum Gasteiger partial charge on any atom is 0.126 e. The molecule has 5 nitrogen and oxygen atoms in total. The monoisotopic (exact) mass is 428 g/mol. The molecule has 2 heterocycles. The van der Waals surface area contributed by atoms with Gasteiger partial charge in [-0.05, 0) is 80.7 Å². The molecule has 30 heavy (non-hydrogen) atoms. The van der Waals surface area contributed by atoms with Crippen molar-refractivity contribution in [3.63, 3.8) is 0 Å². The highest BCUT2D eigenvalue weighted by molar-refractivity contribution is 6.33. The first-order valence-corrected chi connectivity index (χ1v) is 11.6. The van der Waals surface area contributed by atoms with E-state index in [-0.39, 0.29) is 0 Å². The van der Waals surface area contributed by atoms with Gasteiger partial charge in [-0.3, -0.25) is 0 Å². The van der Waals surface area contributed by atoms with Gasteiger partial charge in [-0.25, -0.2) is 4.98 Å². The third kappa shape index (κ3) is 5.65.